The molecule has 1 radical (unpaired) electrons. The van der Waals surface area contributed by atoms with Crippen molar-refractivity contribution in [3.05, 3.63) is 6.92 Å². The Balaban J connectivity index is 2.54. The van der Waals surface area contributed by atoms with Crippen molar-refractivity contribution in [3.8, 4) is 0 Å². The molecule has 1 heterocycles. The van der Waals surface area contributed by atoms with Crippen molar-refractivity contribution < 1.29 is 34.6 Å². The summed E-state index contributed by atoms with van der Waals surface area (Å²) < 4.78 is 0.203. The van der Waals surface area contributed by atoms with Crippen molar-refractivity contribution in [2.24, 2.45) is 0 Å². The zero-order valence-corrected chi connectivity index (χ0v) is 9.77. The lowest BCUT2D eigenvalue weighted by Gasteiger charge is -2.25. The SMILES string of the molecule is [CH2]C[N+]1(NC(=O)[C@H](O)[C@@H](O)[C@H](O)[C@H](O)C=O)CC1. The number of nitrogens with zero attached hydrogens (tertiary/aromatic N) is 1. The van der Waals surface area contributed by atoms with Crippen LogP contribution in [0.3, 0.4) is 0 Å². The minimum atomic E-state index is -1.95. The number of aliphatic hydroxyl groups excluding tert-OH is 4. The number of carbonyl (C=O) groups is 2. The third-order valence-electron chi connectivity index (χ3n) is 2.97. The van der Waals surface area contributed by atoms with Gasteiger partial charge < -0.3 is 25.2 Å². The molecule has 0 aliphatic carbocycles. The van der Waals surface area contributed by atoms with E-state index >= 15 is 0 Å². The Hall–Kier alpha value is -1.06. The van der Waals surface area contributed by atoms with Gasteiger partial charge in [0.1, 0.15) is 24.9 Å². The van der Waals surface area contributed by atoms with E-state index in [4.69, 9.17) is 5.11 Å². The number of carbonyl (C=O) groups excluding carboxylic acids is 2. The molecule has 0 spiro atoms. The van der Waals surface area contributed by atoms with Gasteiger partial charge in [0.2, 0.25) is 0 Å². The van der Waals surface area contributed by atoms with E-state index in [9.17, 15) is 24.9 Å². The largest absolute Gasteiger partial charge is 0.387 e. The highest BCUT2D eigenvalue weighted by Crippen LogP contribution is 2.16. The molecule has 1 amide bonds. The van der Waals surface area contributed by atoms with Gasteiger partial charge in [0.15, 0.2) is 25.5 Å². The van der Waals surface area contributed by atoms with Crippen LogP contribution in [0.15, 0.2) is 0 Å². The summed E-state index contributed by atoms with van der Waals surface area (Å²) in [4.78, 5) is 21.8. The van der Waals surface area contributed by atoms with E-state index in [0.29, 0.717) is 19.6 Å². The van der Waals surface area contributed by atoms with Gasteiger partial charge in [0.25, 0.3) is 5.91 Å². The Morgan fingerprint density at radius 2 is 1.83 bits per heavy atom. The fourth-order valence-electron chi connectivity index (χ4n) is 1.44. The number of aldehydes is 1. The molecule has 0 aromatic heterocycles. The fourth-order valence-corrected chi connectivity index (χ4v) is 1.44. The Kier molecular flexibility index (Phi) is 4.77. The van der Waals surface area contributed by atoms with Crippen LogP contribution in [-0.4, -0.2) is 81.3 Å². The highest BCUT2D eigenvalue weighted by atomic mass is 16.4. The Morgan fingerprint density at radius 1 is 1.28 bits per heavy atom. The van der Waals surface area contributed by atoms with Gasteiger partial charge in [-0.05, 0) is 0 Å². The van der Waals surface area contributed by atoms with Gasteiger partial charge >= 0.3 is 0 Å². The molecule has 4 atom stereocenters. The molecule has 0 saturated carbocycles. The van der Waals surface area contributed by atoms with E-state index in [-0.39, 0.29) is 10.9 Å². The van der Waals surface area contributed by atoms with Crippen LogP contribution in [-0.2, 0) is 9.59 Å². The summed E-state index contributed by atoms with van der Waals surface area (Å²) >= 11 is 0. The molecular weight excluding hydrogens is 244 g/mol. The normalized spacial score (nSPS) is 23.6. The van der Waals surface area contributed by atoms with Gasteiger partial charge in [-0.3, -0.25) is 4.79 Å². The van der Waals surface area contributed by atoms with Crippen LogP contribution < -0.4 is 5.43 Å². The number of amides is 1. The van der Waals surface area contributed by atoms with Crippen molar-refractivity contribution in [1.29, 1.82) is 0 Å². The molecule has 1 aliphatic rings. The maximum atomic E-state index is 11.6. The topological polar surface area (TPSA) is 127 Å². The first-order chi connectivity index (χ1) is 8.37. The van der Waals surface area contributed by atoms with Gasteiger partial charge in [-0.25, -0.2) is 4.59 Å². The molecular formula is C10H18N2O6+. The fraction of sp³-hybridized carbons (Fsp3) is 0.700. The summed E-state index contributed by atoms with van der Waals surface area (Å²) in [5.41, 5.74) is 2.45. The molecule has 1 saturated heterocycles. The quantitative estimate of drug-likeness (QED) is 0.183. The minimum absolute atomic E-state index is 0.00686. The highest BCUT2D eigenvalue weighted by Gasteiger charge is 2.45. The van der Waals surface area contributed by atoms with E-state index in [1.54, 1.807) is 0 Å². The summed E-state index contributed by atoms with van der Waals surface area (Å²) in [5.74, 6) is -0.888. The monoisotopic (exact) mass is 262 g/mol. The average Bonchev–Trinajstić information content (AvgIpc) is 3.15. The number of nitrogens with one attached hydrogen (secondary N) is 1. The summed E-state index contributed by atoms with van der Waals surface area (Å²) in [6.07, 6.45) is -7.66. The maximum absolute atomic E-state index is 11.6. The van der Waals surface area contributed by atoms with Gasteiger partial charge in [-0.15, -0.1) is 0 Å². The van der Waals surface area contributed by atoms with Crippen LogP contribution in [0.5, 0.6) is 0 Å². The minimum Gasteiger partial charge on any atom is -0.387 e. The van der Waals surface area contributed by atoms with Crippen molar-refractivity contribution >= 4 is 12.2 Å². The molecule has 0 unspecified atom stereocenters. The van der Waals surface area contributed by atoms with Crippen molar-refractivity contribution in [1.82, 2.24) is 5.43 Å². The molecule has 103 valence electrons. The van der Waals surface area contributed by atoms with Crippen LogP contribution in [0.4, 0.5) is 0 Å². The first-order valence-electron chi connectivity index (χ1n) is 5.52. The Morgan fingerprint density at radius 3 is 2.22 bits per heavy atom. The molecule has 1 rings (SSSR count). The Bertz CT molecular complexity index is 319. The summed E-state index contributed by atoms with van der Waals surface area (Å²) in [7, 11) is 0. The zero-order valence-electron chi connectivity index (χ0n) is 9.77. The van der Waals surface area contributed by atoms with Crippen LogP contribution in [0.25, 0.3) is 0 Å². The first kappa shape index (κ1) is 15.0. The predicted molar refractivity (Wildman–Crippen MR) is 58.5 cm³/mol. The third-order valence-corrected chi connectivity index (χ3v) is 2.97. The molecule has 18 heavy (non-hydrogen) atoms. The number of quaternary nitrogens is 1. The molecule has 0 aromatic carbocycles. The van der Waals surface area contributed by atoms with Crippen LogP contribution in [0.1, 0.15) is 0 Å². The first-order valence-corrected chi connectivity index (χ1v) is 5.52. The second-order valence-electron chi connectivity index (χ2n) is 4.34. The Labute approximate surface area is 104 Å². The second-order valence-corrected chi connectivity index (χ2v) is 4.34. The summed E-state index contributed by atoms with van der Waals surface area (Å²) in [5, 5.41) is 37.2. The zero-order chi connectivity index (χ0) is 13.9. The average molecular weight is 262 g/mol. The van der Waals surface area contributed by atoms with Crippen molar-refractivity contribution in [2.75, 3.05) is 19.6 Å². The molecule has 0 bridgehead atoms. The molecule has 8 nitrogen and oxygen atoms in total. The maximum Gasteiger partial charge on any atom is 0.296 e. The van der Waals surface area contributed by atoms with E-state index < -0.39 is 30.3 Å². The molecule has 5 N–H and O–H groups in total. The number of aliphatic hydroxyl groups is 4. The molecule has 0 aromatic rings. The standard InChI is InChI=1S/C10H17N2O6/c1-2-12(3-4-12)11-10(18)9(17)8(16)7(15)6(14)5-13/h5-9,14-17H,1-4H2/p+1/t6-,7-,8+,9-/m1/s1. The van der Waals surface area contributed by atoms with E-state index in [2.05, 4.69) is 12.3 Å². The lowest BCUT2D eigenvalue weighted by atomic mass is 10.0. The third kappa shape index (κ3) is 3.24. The van der Waals surface area contributed by atoms with Gasteiger partial charge in [-0.1, -0.05) is 0 Å². The summed E-state index contributed by atoms with van der Waals surface area (Å²) in [6.45, 7) is 5.38. The van der Waals surface area contributed by atoms with Crippen LogP contribution in [0, 0.1) is 6.92 Å². The molecule has 8 heteroatoms. The number of hydrogen-bond acceptors (Lipinski definition) is 6. The number of hydrogen-bond donors (Lipinski definition) is 5. The van der Waals surface area contributed by atoms with Gasteiger partial charge in [0, 0.05) is 6.92 Å². The molecule has 1 fully saturated rings. The van der Waals surface area contributed by atoms with E-state index in [1.807, 2.05) is 0 Å². The van der Waals surface area contributed by atoms with Crippen molar-refractivity contribution in [2.45, 2.75) is 24.4 Å². The molecule has 1 aliphatic heterocycles. The van der Waals surface area contributed by atoms with E-state index in [0.717, 1.165) is 0 Å². The highest BCUT2D eigenvalue weighted by molar-refractivity contribution is 5.80. The van der Waals surface area contributed by atoms with E-state index in [1.165, 1.54) is 0 Å². The predicted octanol–water partition coefficient (Wildman–Crippen LogP) is -3.68. The van der Waals surface area contributed by atoms with Crippen LogP contribution >= 0.6 is 0 Å². The van der Waals surface area contributed by atoms with Crippen molar-refractivity contribution in [3.63, 3.8) is 0 Å². The van der Waals surface area contributed by atoms with Gasteiger partial charge in [-0.2, -0.15) is 5.43 Å². The smallest absolute Gasteiger partial charge is 0.296 e. The second kappa shape index (κ2) is 5.72. The lowest BCUT2D eigenvalue weighted by Crippen LogP contribution is -2.55. The summed E-state index contributed by atoms with van der Waals surface area (Å²) in [6, 6.07) is 0. The number of rotatable bonds is 7. The van der Waals surface area contributed by atoms with Crippen LogP contribution in [0.2, 0.25) is 0 Å². The van der Waals surface area contributed by atoms with Gasteiger partial charge in [0.05, 0.1) is 0 Å². The lowest BCUT2D eigenvalue weighted by molar-refractivity contribution is -0.832.